The Balaban J connectivity index is 2.59. The zero-order chi connectivity index (χ0) is 6.97. The van der Waals surface area contributed by atoms with Gasteiger partial charge in [0.1, 0.15) is 0 Å². The van der Waals surface area contributed by atoms with Crippen molar-refractivity contribution in [2.45, 2.75) is 4.95 Å². The van der Waals surface area contributed by atoms with Gasteiger partial charge < -0.3 is 0 Å². The second-order valence-electron chi connectivity index (χ2n) is 2.11. The molecule has 1 aliphatic rings. The molecule has 3 heteroatoms. The van der Waals surface area contributed by atoms with Gasteiger partial charge in [-0.25, -0.2) is 0 Å². The number of alkyl halides is 1. The first kappa shape index (κ1) is 6.04. The number of rotatable bonds is 0. The first-order valence-electron chi connectivity index (χ1n) is 3.02. The largest absolute Gasteiger partial charge is 0.169 e. The van der Waals surface area contributed by atoms with Gasteiger partial charge in [-0.2, -0.15) is 10.2 Å². The Bertz CT molecular complexity index is 283. The molecule has 10 heavy (non-hydrogen) atoms. The molecule has 1 aromatic carbocycles. The molecule has 2 rings (SSSR count). The minimum Gasteiger partial charge on any atom is -0.169 e. The van der Waals surface area contributed by atoms with Gasteiger partial charge in [-0.3, -0.25) is 0 Å². The standard InChI is InChI=1S/C7H5BrN2/c8-7-5-3-1-2-4-6(5)9-10-7/h1-4,7H/t7-/m1/s1. The number of azo groups is 1. The lowest BCUT2D eigenvalue weighted by Crippen LogP contribution is -1.76. The Hall–Kier alpha value is -0.700. The maximum absolute atomic E-state index is 3.96. The van der Waals surface area contributed by atoms with Crippen molar-refractivity contribution < 1.29 is 0 Å². The van der Waals surface area contributed by atoms with E-state index in [-0.39, 0.29) is 4.95 Å². The molecule has 0 aromatic heterocycles. The second-order valence-corrected chi connectivity index (χ2v) is 2.98. The van der Waals surface area contributed by atoms with Gasteiger partial charge >= 0.3 is 0 Å². The van der Waals surface area contributed by atoms with Gasteiger partial charge in [0, 0.05) is 5.56 Å². The molecule has 0 aliphatic carbocycles. The van der Waals surface area contributed by atoms with Crippen LogP contribution < -0.4 is 0 Å². The first-order valence-corrected chi connectivity index (χ1v) is 3.93. The number of hydrogen-bond donors (Lipinski definition) is 0. The fourth-order valence-electron chi connectivity index (χ4n) is 0.955. The van der Waals surface area contributed by atoms with E-state index in [1.165, 1.54) is 0 Å². The molecule has 0 N–H and O–H groups in total. The summed E-state index contributed by atoms with van der Waals surface area (Å²) in [5.74, 6) is 0. The average molecular weight is 197 g/mol. The van der Waals surface area contributed by atoms with Crippen molar-refractivity contribution in [3.63, 3.8) is 0 Å². The molecule has 1 heterocycles. The van der Waals surface area contributed by atoms with Crippen molar-refractivity contribution in [1.29, 1.82) is 0 Å². The highest BCUT2D eigenvalue weighted by Gasteiger charge is 2.15. The molecule has 0 fully saturated rings. The molecular weight excluding hydrogens is 192 g/mol. The fraction of sp³-hybridized carbons (Fsp3) is 0.143. The lowest BCUT2D eigenvalue weighted by Gasteiger charge is -1.95. The monoisotopic (exact) mass is 196 g/mol. The van der Waals surface area contributed by atoms with Crippen LogP contribution in [0.25, 0.3) is 0 Å². The molecular formula is C7H5BrN2. The predicted octanol–water partition coefficient (Wildman–Crippen LogP) is 3.18. The molecule has 0 saturated carbocycles. The third-order valence-electron chi connectivity index (χ3n) is 1.46. The van der Waals surface area contributed by atoms with Gasteiger partial charge in [-0.05, 0) is 6.07 Å². The summed E-state index contributed by atoms with van der Waals surface area (Å²) in [5, 5.41) is 7.90. The average Bonchev–Trinajstić information content (AvgIpc) is 2.34. The SMILES string of the molecule is Br[C@@H]1N=Nc2ccccc21. The number of hydrogen-bond acceptors (Lipinski definition) is 2. The van der Waals surface area contributed by atoms with E-state index in [9.17, 15) is 0 Å². The minimum atomic E-state index is 0.0729. The molecule has 0 bridgehead atoms. The van der Waals surface area contributed by atoms with Crippen molar-refractivity contribution >= 4 is 21.6 Å². The molecule has 0 amide bonds. The van der Waals surface area contributed by atoms with Crippen molar-refractivity contribution in [2.24, 2.45) is 10.2 Å². The van der Waals surface area contributed by atoms with Crippen LogP contribution in [0.5, 0.6) is 0 Å². The lowest BCUT2D eigenvalue weighted by atomic mass is 10.2. The molecule has 0 radical (unpaired) electrons. The number of fused-ring (bicyclic) bond motifs is 1. The molecule has 0 spiro atoms. The quantitative estimate of drug-likeness (QED) is 0.450. The van der Waals surface area contributed by atoms with E-state index >= 15 is 0 Å². The minimum absolute atomic E-state index is 0.0729. The molecule has 0 saturated heterocycles. The molecule has 0 unspecified atom stereocenters. The van der Waals surface area contributed by atoms with Crippen molar-refractivity contribution in [1.82, 2.24) is 0 Å². The van der Waals surface area contributed by atoms with Gasteiger partial charge in [0.15, 0.2) is 4.95 Å². The summed E-state index contributed by atoms with van der Waals surface area (Å²) in [6.07, 6.45) is 0. The van der Waals surface area contributed by atoms with Crippen molar-refractivity contribution in [2.75, 3.05) is 0 Å². The zero-order valence-corrected chi connectivity index (χ0v) is 6.75. The van der Waals surface area contributed by atoms with E-state index < -0.39 is 0 Å². The van der Waals surface area contributed by atoms with Crippen LogP contribution in [0.2, 0.25) is 0 Å². The topological polar surface area (TPSA) is 24.7 Å². The van der Waals surface area contributed by atoms with Gasteiger partial charge in [0.2, 0.25) is 0 Å². The number of nitrogens with zero attached hydrogens (tertiary/aromatic N) is 2. The van der Waals surface area contributed by atoms with Gasteiger partial charge in [-0.1, -0.05) is 34.1 Å². The van der Waals surface area contributed by atoms with E-state index in [0.717, 1.165) is 11.3 Å². The maximum atomic E-state index is 3.96. The molecule has 2 nitrogen and oxygen atoms in total. The van der Waals surface area contributed by atoms with E-state index in [2.05, 4.69) is 26.2 Å². The predicted molar refractivity (Wildman–Crippen MR) is 42.6 cm³/mol. The summed E-state index contributed by atoms with van der Waals surface area (Å²) in [6.45, 7) is 0. The second kappa shape index (κ2) is 2.16. The molecule has 1 aromatic rings. The summed E-state index contributed by atoms with van der Waals surface area (Å²) in [7, 11) is 0. The Morgan fingerprint density at radius 1 is 1.30 bits per heavy atom. The first-order chi connectivity index (χ1) is 4.88. The zero-order valence-electron chi connectivity index (χ0n) is 5.16. The maximum Gasteiger partial charge on any atom is 0.153 e. The number of benzene rings is 1. The van der Waals surface area contributed by atoms with Crippen molar-refractivity contribution in [3.8, 4) is 0 Å². The fourth-order valence-corrected chi connectivity index (χ4v) is 1.43. The Kier molecular flexibility index (Phi) is 1.31. The lowest BCUT2D eigenvalue weighted by molar-refractivity contribution is 1.03. The Morgan fingerprint density at radius 2 is 2.10 bits per heavy atom. The van der Waals surface area contributed by atoms with Crippen LogP contribution in [0.3, 0.4) is 0 Å². The summed E-state index contributed by atoms with van der Waals surface area (Å²) in [6, 6.07) is 7.93. The summed E-state index contributed by atoms with van der Waals surface area (Å²) in [5.41, 5.74) is 2.13. The summed E-state index contributed by atoms with van der Waals surface area (Å²) < 4.78 is 0. The van der Waals surface area contributed by atoms with Crippen LogP contribution in [-0.4, -0.2) is 0 Å². The third-order valence-corrected chi connectivity index (χ3v) is 2.14. The van der Waals surface area contributed by atoms with Crippen LogP contribution in [0.1, 0.15) is 10.5 Å². The Morgan fingerprint density at radius 3 is 2.90 bits per heavy atom. The third kappa shape index (κ3) is 0.778. The van der Waals surface area contributed by atoms with Crippen LogP contribution in [0.15, 0.2) is 34.5 Å². The van der Waals surface area contributed by atoms with E-state index in [1.807, 2.05) is 24.3 Å². The molecule has 1 atom stereocenters. The van der Waals surface area contributed by atoms with Gasteiger partial charge in [0.25, 0.3) is 0 Å². The summed E-state index contributed by atoms with van der Waals surface area (Å²) in [4.78, 5) is 0.0729. The van der Waals surface area contributed by atoms with Gasteiger partial charge in [0.05, 0.1) is 5.69 Å². The molecule has 50 valence electrons. The highest BCUT2D eigenvalue weighted by atomic mass is 79.9. The number of halogens is 1. The van der Waals surface area contributed by atoms with E-state index in [1.54, 1.807) is 0 Å². The smallest absolute Gasteiger partial charge is 0.153 e. The van der Waals surface area contributed by atoms with Crippen LogP contribution in [0, 0.1) is 0 Å². The van der Waals surface area contributed by atoms with Crippen molar-refractivity contribution in [3.05, 3.63) is 29.8 Å². The summed E-state index contributed by atoms with van der Waals surface area (Å²) >= 11 is 3.38. The van der Waals surface area contributed by atoms with Crippen LogP contribution in [-0.2, 0) is 0 Å². The molecule has 1 aliphatic heterocycles. The highest BCUT2D eigenvalue weighted by Crippen LogP contribution is 2.38. The van der Waals surface area contributed by atoms with Crippen LogP contribution in [0.4, 0.5) is 5.69 Å². The Labute approximate surface area is 67.1 Å². The van der Waals surface area contributed by atoms with Crippen LogP contribution >= 0.6 is 15.9 Å². The highest BCUT2D eigenvalue weighted by molar-refractivity contribution is 9.09. The van der Waals surface area contributed by atoms with E-state index in [0.29, 0.717) is 0 Å². The van der Waals surface area contributed by atoms with Gasteiger partial charge in [-0.15, -0.1) is 0 Å². The van der Waals surface area contributed by atoms with E-state index in [4.69, 9.17) is 0 Å². The normalized spacial score (nSPS) is 21.1.